The van der Waals surface area contributed by atoms with Gasteiger partial charge in [0.25, 0.3) is 0 Å². The average Bonchev–Trinajstić information content (AvgIpc) is 2.29. The topological polar surface area (TPSA) is 124 Å². The zero-order valence-electron chi connectivity index (χ0n) is 8.36. The van der Waals surface area contributed by atoms with E-state index in [2.05, 4.69) is 20.1 Å². The summed E-state index contributed by atoms with van der Waals surface area (Å²) < 4.78 is 8.73. The molecule has 0 aromatic heterocycles. The number of carbonyl (C=O) groups excluding carboxylic acids is 2. The van der Waals surface area contributed by atoms with Crippen LogP contribution < -0.4 is 10.6 Å². The summed E-state index contributed by atoms with van der Waals surface area (Å²) in [6.45, 7) is -0.398. The molecular formula is C8H10N4O4. The summed E-state index contributed by atoms with van der Waals surface area (Å²) in [5.74, 6) is 0. The van der Waals surface area contributed by atoms with Gasteiger partial charge in [0, 0.05) is 13.1 Å². The van der Waals surface area contributed by atoms with Gasteiger partial charge < -0.3 is 20.1 Å². The predicted octanol–water partition coefficient (Wildman–Crippen LogP) is -0.514. The number of ether oxygens (including phenoxy) is 2. The quantitative estimate of drug-likeness (QED) is 0.608. The van der Waals surface area contributed by atoms with Gasteiger partial charge in [0.05, 0.1) is 0 Å². The van der Waals surface area contributed by atoms with Crippen LogP contribution in [0.15, 0.2) is 0 Å². The number of nitrogens with zero attached hydrogens (tertiary/aromatic N) is 2. The molecule has 0 spiro atoms. The Kier molecular flexibility index (Phi) is 7.68. The van der Waals surface area contributed by atoms with E-state index >= 15 is 0 Å². The SMILES string of the molecule is N#CCOC(=O)NCCNC(=O)OCC#N. The molecule has 0 atom stereocenters. The fourth-order valence-electron chi connectivity index (χ4n) is 0.627. The number of amides is 2. The Labute approximate surface area is 91.7 Å². The summed E-state index contributed by atoms with van der Waals surface area (Å²) in [6, 6.07) is 3.25. The van der Waals surface area contributed by atoms with Crippen molar-refractivity contribution in [3.05, 3.63) is 0 Å². The first-order valence-corrected chi connectivity index (χ1v) is 4.26. The van der Waals surface area contributed by atoms with Gasteiger partial charge in [-0.2, -0.15) is 10.5 Å². The van der Waals surface area contributed by atoms with E-state index in [9.17, 15) is 9.59 Å². The van der Waals surface area contributed by atoms with Crippen LogP contribution in [0.5, 0.6) is 0 Å². The predicted molar refractivity (Wildman–Crippen MR) is 49.9 cm³/mol. The van der Waals surface area contributed by atoms with Crippen LogP contribution in [-0.4, -0.2) is 38.5 Å². The third-order valence-electron chi connectivity index (χ3n) is 1.20. The van der Waals surface area contributed by atoms with Crippen LogP contribution in [0.4, 0.5) is 9.59 Å². The van der Waals surface area contributed by atoms with Gasteiger partial charge in [-0.05, 0) is 0 Å². The highest BCUT2D eigenvalue weighted by molar-refractivity contribution is 5.68. The number of hydrogen-bond donors (Lipinski definition) is 2. The summed E-state index contributed by atoms with van der Waals surface area (Å²) in [6.07, 6.45) is -1.48. The van der Waals surface area contributed by atoms with Crippen LogP contribution in [0, 0.1) is 22.7 Å². The summed E-state index contributed by atoms with van der Waals surface area (Å²) >= 11 is 0. The molecule has 8 heteroatoms. The molecule has 0 saturated heterocycles. The lowest BCUT2D eigenvalue weighted by molar-refractivity contribution is 0.154. The standard InChI is InChI=1S/C8H10N4O4/c9-1-5-15-7(13)11-3-4-12-8(14)16-6-2-10/h3-6H2,(H,11,13)(H,12,14). The largest absolute Gasteiger partial charge is 0.434 e. The average molecular weight is 226 g/mol. The van der Waals surface area contributed by atoms with Gasteiger partial charge in [0.1, 0.15) is 12.1 Å². The second kappa shape index (κ2) is 9.09. The molecule has 0 radical (unpaired) electrons. The van der Waals surface area contributed by atoms with E-state index in [-0.39, 0.29) is 26.3 Å². The third-order valence-corrected chi connectivity index (χ3v) is 1.20. The Morgan fingerprint density at radius 2 is 1.31 bits per heavy atom. The van der Waals surface area contributed by atoms with Crippen LogP contribution in [0.25, 0.3) is 0 Å². The molecule has 8 nitrogen and oxygen atoms in total. The zero-order chi connectivity index (χ0) is 12.2. The Morgan fingerprint density at radius 3 is 1.62 bits per heavy atom. The van der Waals surface area contributed by atoms with Crippen molar-refractivity contribution in [2.24, 2.45) is 0 Å². The number of nitriles is 2. The van der Waals surface area contributed by atoms with Crippen LogP contribution in [-0.2, 0) is 9.47 Å². The molecule has 0 bridgehead atoms. The van der Waals surface area contributed by atoms with Crippen molar-refractivity contribution in [2.75, 3.05) is 26.3 Å². The van der Waals surface area contributed by atoms with Crippen molar-refractivity contribution >= 4 is 12.2 Å². The van der Waals surface area contributed by atoms with Crippen LogP contribution in [0.3, 0.4) is 0 Å². The van der Waals surface area contributed by atoms with Crippen molar-refractivity contribution in [1.82, 2.24) is 10.6 Å². The first kappa shape index (κ1) is 13.5. The van der Waals surface area contributed by atoms with E-state index in [1.54, 1.807) is 12.1 Å². The summed E-state index contributed by atoms with van der Waals surface area (Å²) in [5, 5.41) is 20.7. The van der Waals surface area contributed by atoms with Gasteiger partial charge in [-0.3, -0.25) is 0 Å². The number of rotatable bonds is 5. The van der Waals surface area contributed by atoms with Gasteiger partial charge in [-0.25, -0.2) is 9.59 Å². The number of alkyl carbamates (subject to hydrolysis) is 2. The zero-order valence-corrected chi connectivity index (χ0v) is 8.36. The number of carbonyl (C=O) groups is 2. The normalized spacial score (nSPS) is 8.12. The van der Waals surface area contributed by atoms with E-state index in [1.807, 2.05) is 0 Å². The first-order valence-electron chi connectivity index (χ1n) is 4.26. The first-order chi connectivity index (χ1) is 7.70. The highest BCUT2D eigenvalue weighted by Crippen LogP contribution is 1.77. The van der Waals surface area contributed by atoms with Crippen molar-refractivity contribution in [1.29, 1.82) is 10.5 Å². The van der Waals surface area contributed by atoms with Crippen molar-refractivity contribution < 1.29 is 19.1 Å². The smallest absolute Gasteiger partial charge is 0.408 e. The number of hydrogen-bond acceptors (Lipinski definition) is 6. The molecule has 2 amide bonds. The maximum atomic E-state index is 10.7. The van der Waals surface area contributed by atoms with E-state index in [1.165, 1.54) is 0 Å². The van der Waals surface area contributed by atoms with Crippen molar-refractivity contribution in [3.8, 4) is 12.1 Å². The van der Waals surface area contributed by atoms with Crippen LogP contribution >= 0.6 is 0 Å². The molecule has 2 N–H and O–H groups in total. The Bertz CT molecular complexity index is 285. The molecule has 0 heterocycles. The molecule has 0 aliphatic heterocycles. The summed E-state index contributed by atoms with van der Waals surface area (Å²) in [5.41, 5.74) is 0. The molecule has 0 aliphatic rings. The van der Waals surface area contributed by atoms with Gasteiger partial charge in [-0.1, -0.05) is 0 Å². The molecule has 0 aromatic rings. The molecule has 0 aliphatic carbocycles. The molecule has 86 valence electrons. The fourth-order valence-corrected chi connectivity index (χ4v) is 0.627. The minimum absolute atomic E-state index is 0.131. The van der Waals surface area contributed by atoms with E-state index in [0.29, 0.717) is 0 Å². The molecule has 0 unspecified atom stereocenters. The molecule has 0 fully saturated rings. The maximum absolute atomic E-state index is 10.7. The second-order valence-electron chi connectivity index (χ2n) is 2.32. The van der Waals surface area contributed by atoms with E-state index in [0.717, 1.165) is 0 Å². The summed E-state index contributed by atoms with van der Waals surface area (Å²) in [7, 11) is 0. The van der Waals surface area contributed by atoms with Gasteiger partial charge in [-0.15, -0.1) is 0 Å². The van der Waals surface area contributed by atoms with E-state index < -0.39 is 12.2 Å². The number of nitrogens with one attached hydrogen (secondary N) is 2. The minimum Gasteiger partial charge on any atom is -0.434 e. The molecule has 0 rings (SSSR count). The second-order valence-corrected chi connectivity index (χ2v) is 2.32. The maximum Gasteiger partial charge on any atom is 0.408 e. The van der Waals surface area contributed by atoms with E-state index in [4.69, 9.17) is 10.5 Å². The van der Waals surface area contributed by atoms with Gasteiger partial charge >= 0.3 is 12.2 Å². The van der Waals surface area contributed by atoms with Crippen molar-refractivity contribution in [3.63, 3.8) is 0 Å². The highest BCUT2D eigenvalue weighted by atomic mass is 16.6. The molecule has 0 saturated carbocycles. The van der Waals surface area contributed by atoms with Crippen LogP contribution in [0.1, 0.15) is 0 Å². The van der Waals surface area contributed by atoms with Crippen LogP contribution in [0.2, 0.25) is 0 Å². The lowest BCUT2D eigenvalue weighted by Crippen LogP contribution is -2.35. The molecule has 16 heavy (non-hydrogen) atoms. The molecule has 0 aromatic carbocycles. The fraction of sp³-hybridized carbons (Fsp3) is 0.500. The van der Waals surface area contributed by atoms with Crippen molar-refractivity contribution in [2.45, 2.75) is 0 Å². The monoisotopic (exact) mass is 226 g/mol. The third kappa shape index (κ3) is 8.13. The Hall–Kier alpha value is -2.48. The van der Waals surface area contributed by atoms with Gasteiger partial charge in [0.15, 0.2) is 13.2 Å². The Morgan fingerprint density at radius 1 is 0.938 bits per heavy atom. The minimum atomic E-state index is -0.742. The Balaban J connectivity index is 3.40. The summed E-state index contributed by atoms with van der Waals surface area (Å²) in [4.78, 5) is 21.5. The lowest BCUT2D eigenvalue weighted by atomic mass is 10.6. The van der Waals surface area contributed by atoms with Gasteiger partial charge in [0.2, 0.25) is 0 Å². The highest BCUT2D eigenvalue weighted by Gasteiger charge is 2.02. The lowest BCUT2D eigenvalue weighted by Gasteiger charge is -2.05. The molecular weight excluding hydrogens is 216 g/mol.